The Labute approximate surface area is 288 Å². The average Bonchev–Trinajstić information content (AvgIpc) is 3.40. The molecule has 3 aromatic rings. The number of rotatable bonds is 6. The summed E-state index contributed by atoms with van der Waals surface area (Å²) < 4.78 is 12.3. The summed E-state index contributed by atoms with van der Waals surface area (Å²) in [4.78, 5) is 34.8. The molecule has 2 fully saturated rings. The molecule has 1 atom stereocenters. The van der Waals surface area contributed by atoms with E-state index in [4.69, 9.17) is 9.47 Å². The van der Waals surface area contributed by atoms with Crippen molar-refractivity contribution in [3.8, 4) is 5.75 Å². The summed E-state index contributed by atoms with van der Waals surface area (Å²) in [5.41, 5.74) is 10.8. The SMILES string of the molecule is COc1cc2c(cc1N1CCN(C(=O)CCC(=O)N3CCN(c4ccccc4)CC3)CC1)C1=C(C3=CC=COC32)C(C)(C)c2ccccc21. The predicted molar refractivity (Wildman–Crippen MR) is 193 cm³/mol. The molecule has 5 aliphatic rings. The van der Waals surface area contributed by atoms with Gasteiger partial charge in [-0.05, 0) is 58.2 Å². The molecule has 2 aliphatic carbocycles. The third-order valence-electron chi connectivity index (χ3n) is 11.1. The van der Waals surface area contributed by atoms with E-state index in [0.717, 1.165) is 30.1 Å². The minimum Gasteiger partial charge on any atom is -0.495 e. The highest BCUT2D eigenvalue weighted by molar-refractivity contribution is 5.97. The van der Waals surface area contributed by atoms with Crippen molar-refractivity contribution < 1.29 is 19.1 Å². The number of allylic oxidation sites excluding steroid dienone is 2. The van der Waals surface area contributed by atoms with Gasteiger partial charge < -0.3 is 29.1 Å². The van der Waals surface area contributed by atoms with Crippen LogP contribution in [0.2, 0.25) is 0 Å². The van der Waals surface area contributed by atoms with E-state index in [1.54, 1.807) is 13.4 Å². The maximum Gasteiger partial charge on any atom is 0.223 e. The molecular weight excluding hydrogens is 612 g/mol. The lowest BCUT2D eigenvalue weighted by Gasteiger charge is -2.39. The van der Waals surface area contributed by atoms with Crippen LogP contribution in [0, 0.1) is 0 Å². The second-order valence-electron chi connectivity index (χ2n) is 14.1. The van der Waals surface area contributed by atoms with Crippen LogP contribution in [0.4, 0.5) is 11.4 Å². The predicted octanol–water partition coefficient (Wildman–Crippen LogP) is 6.09. The molecule has 8 nitrogen and oxygen atoms in total. The third-order valence-corrected chi connectivity index (χ3v) is 11.1. The summed E-state index contributed by atoms with van der Waals surface area (Å²) in [6.45, 7) is 10.2. The fourth-order valence-corrected chi connectivity index (χ4v) is 8.50. The van der Waals surface area contributed by atoms with Crippen molar-refractivity contribution in [2.45, 2.75) is 38.2 Å². The third kappa shape index (κ3) is 5.38. The molecule has 0 bridgehead atoms. The van der Waals surface area contributed by atoms with Crippen LogP contribution in [0.5, 0.6) is 5.75 Å². The smallest absolute Gasteiger partial charge is 0.223 e. The van der Waals surface area contributed by atoms with Crippen molar-refractivity contribution >= 4 is 28.8 Å². The number of fused-ring (bicyclic) bond motifs is 7. The van der Waals surface area contributed by atoms with E-state index in [1.165, 1.54) is 39.1 Å². The Balaban J connectivity index is 0.954. The van der Waals surface area contributed by atoms with Gasteiger partial charge in [-0.3, -0.25) is 9.59 Å². The van der Waals surface area contributed by atoms with Gasteiger partial charge in [-0.25, -0.2) is 0 Å². The number of para-hydroxylation sites is 1. The second-order valence-corrected chi connectivity index (χ2v) is 14.1. The highest BCUT2D eigenvalue weighted by Crippen LogP contribution is 2.59. The molecule has 0 aromatic heterocycles. The Kier molecular flexibility index (Phi) is 7.97. The van der Waals surface area contributed by atoms with E-state index in [-0.39, 0.29) is 36.2 Å². The first-order chi connectivity index (χ1) is 23.8. The Bertz CT molecular complexity index is 1880. The van der Waals surface area contributed by atoms with Crippen LogP contribution in [0.3, 0.4) is 0 Å². The minimum absolute atomic E-state index is 0.0507. The molecule has 3 aromatic carbocycles. The maximum absolute atomic E-state index is 13.3. The molecule has 0 N–H and O–H groups in total. The lowest BCUT2D eigenvalue weighted by Crippen LogP contribution is -2.50. The first-order valence-corrected chi connectivity index (χ1v) is 17.5. The summed E-state index contributed by atoms with van der Waals surface area (Å²) in [5, 5.41) is 0. The fraction of sp³-hybridized carbons (Fsp3) is 0.366. The van der Waals surface area contributed by atoms with E-state index >= 15 is 0 Å². The number of hydrogen-bond donors (Lipinski definition) is 0. The maximum atomic E-state index is 13.3. The number of methoxy groups -OCH3 is 1. The molecule has 49 heavy (non-hydrogen) atoms. The number of amides is 2. The summed E-state index contributed by atoms with van der Waals surface area (Å²) in [7, 11) is 1.73. The molecule has 0 saturated carbocycles. The monoisotopic (exact) mass is 656 g/mol. The van der Waals surface area contributed by atoms with Crippen molar-refractivity contribution in [1.82, 2.24) is 9.80 Å². The number of anilines is 2. The molecule has 8 rings (SSSR count). The molecule has 2 saturated heterocycles. The average molecular weight is 657 g/mol. The van der Waals surface area contributed by atoms with Gasteiger partial charge in [0.05, 0.1) is 19.1 Å². The molecule has 0 spiro atoms. The lowest BCUT2D eigenvalue weighted by molar-refractivity contribution is -0.137. The fourth-order valence-electron chi connectivity index (χ4n) is 8.50. The number of carbonyl (C=O) groups is 2. The molecule has 8 heteroatoms. The number of nitrogens with zero attached hydrogens (tertiary/aromatic N) is 4. The van der Waals surface area contributed by atoms with Gasteiger partial charge in [0.1, 0.15) is 11.9 Å². The largest absolute Gasteiger partial charge is 0.495 e. The van der Waals surface area contributed by atoms with E-state index in [0.29, 0.717) is 39.3 Å². The van der Waals surface area contributed by atoms with Crippen LogP contribution < -0.4 is 14.5 Å². The van der Waals surface area contributed by atoms with Crippen molar-refractivity contribution in [3.63, 3.8) is 0 Å². The first-order valence-electron chi connectivity index (χ1n) is 17.5. The van der Waals surface area contributed by atoms with Gasteiger partial charge in [0.15, 0.2) is 0 Å². The van der Waals surface area contributed by atoms with E-state index in [9.17, 15) is 9.59 Å². The zero-order valence-corrected chi connectivity index (χ0v) is 28.7. The van der Waals surface area contributed by atoms with Crippen molar-refractivity contribution in [2.75, 3.05) is 69.3 Å². The van der Waals surface area contributed by atoms with E-state index in [2.05, 4.69) is 78.3 Å². The molecule has 3 heterocycles. The highest BCUT2D eigenvalue weighted by Gasteiger charge is 2.46. The molecule has 1 unspecified atom stereocenters. The van der Waals surface area contributed by atoms with E-state index in [1.807, 2.05) is 34.1 Å². The van der Waals surface area contributed by atoms with Crippen LogP contribution in [-0.4, -0.2) is 81.1 Å². The second kappa shape index (κ2) is 12.5. The van der Waals surface area contributed by atoms with Crippen LogP contribution in [-0.2, 0) is 19.7 Å². The summed E-state index contributed by atoms with van der Waals surface area (Å²) >= 11 is 0. The number of ether oxygens (including phenoxy) is 2. The Morgan fingerprint density at radius 1 is 0.796 bits per heavy atom. The Hall–Kier alpha value is -4.98. The van der Waals surface area contributed by atoms with Crippen molar-refractivity contribution in [2.24, 2.45) is 0 Å². The van der Waals surface area contributed by atoms with Crippen molar-refractivity contribution in [3.05, 3.63) is 119 Å². The molecule has 2 amide bonds. The van der Waals surface area contributed by atoms with Gasteiger partial charge in [0.2, 0.25) is 11.8 Å². The number of carbonyl (C=O) groups excluding carboxylic acids is 2. The van der Waals surface area contributed by atoms with Gasteiger partial charge in [-0.1, -0.05) is 62.4 Å². The van der Waals surface area contributed by atoms with Gasteiger partial charge in [-0.2, -0.15) is 0 Å². The topological polar surface area (TPSA) is 65.6 Å². The molecule has 3 aliphatic heterocycles. The summed E-state index contributed by atoms with van der Waals surface area (Å²) in [6.07, 6.45) is 6.30. The zero-order chi connectivity index (χ0) is 33.7. The highest BCUT2D eigenvalue weighted by atomic mass is 16.5. The van der Waals surface area contributed by atoms with Crippen molar-refractivity contribution in [1.29, 1.82) is 0 Å². The van der Waals surface area contributed by atoms with E-state index < -0.39 is 0 Å². The first kappa shape index (κ1) is 31.3. The van der Waals surface area contributed by atoms with Crippen LogP contribution in [0.25, 0.3) is 5.57 Å². The Morgan fingerprint density at radius 3 is 2.10 bits per heavy atom. The van der Waals surface area contributed by atoms with Crippen LogP contribution >= 0.6 is 0 Å². The summed E-state index contributed by atoms with van der Waals surface area (Å²) in [5.74, 6) is 0.928. The normalized spacial score (nSPS) is 20.6. The quantitative estimate of drug-likeness (QED) is 0.320. The number of benzene rings is 3. The van der Waals surface area contributed by atoms with Gasteiger partial charge in [-0.15, -0.1) is 0 Å². The Morgan fingerprint density at radius 2 is 1.43 bits per heavy atom. The molecular formula is C41H44N4O4. The lowest BCUT2D eigenvalue weighted by atomic mass is 9.72. The minimum atomic E-state index is -0.194. The standard InChI is InChI=1S/C41H44N4O4/c1-41(2)33-14-8-7-12-29(33)38-31-26-34(35(48-3)27-32(31)40-30(39(38)41)13-9-25-49-40)43-19-23-45(24-20-43)37(47)16-15-36(46)44-21-17-42(18-22-44)28-10-5-4-6-11-28/h4-14,25-27,40H,15-24H2,1-3H3. The van der Waals surface area contributed by atoms with Gasteiger partial charge in [0.25, 0.3) is 0 Å². The zero-order valence-electron chi connectivity index (χ0n) is 28.7. The van der Waals surface area contributed by atoms with Crippen LogP contribution in [0.15, 0.2) is 96.3 Å². The molecule has 252 valence electrons. The number of hydrogen-bond acceptors (Lipinski definition) is 6. The number of piperazine rings is 2. The van der Waals surface area contributed by atoms with Gasteiger partial charge in [0, 0.05) is 87.4 Å². The summed E-state index contributed by atoms with van der Waals surface area (Å²) in [6, 6.07) is 23.5. The van der Waals surface area contributed by atoms with Crippen LogP contribution in [0.1, 0.15) is 55.0 Å². The molecule has 0 radical (unpaired) electrons. The van der Waals surface area contributed by atoms with Gasteiger partial charge >= 0.3 is 0 Å².